The normalized spacial score (nSPS) is 10.5. The molecule has 0 saturated carbocycles. The van der Waals surface area contributed by atoms with E-state index in [2.05, 4.69) is 15.5 Å². The maximum Gasteiger partial charge on any atom is 0.246 e. The number of hydrogen-bond acceptors (Lipinski definition) is 7. The molecule has 0 aliphatic rings. The average molecular weight is 376 g/mol. The molecule has 7 nitrogen and oxygen atoms in total. The third-order valence-electron chi connectivity index (χ3n) is 3.71. The molecular weight excluding hydrogens is 358 g/mol. The number of nitrogens with zero attached hydrogens (tertiary/aromatic N) is 2. The number of halogens is 1. The highest BCUT2D eigenvalue weighted by molar-refractivity contribution is 6.32. The lowest BCUT2D eigenvalue weighted by Gasteiger charge is -2.07. The van der Waals surface area contributed by atoms with Gasteiger partial charge in [0.05, 0.1) is 32.9 Å². The first-order valence-corrected chi connectivity index (χ1v) is 8.14. The van der Waals surface area contributed by atoms with E-state index in [1.165, 1.54) is 0 Å². The maximum atomic E-state index is 6.11. The average Bonchev–Trinajstić information content (AvgIpc) is 3.15. The minimum atomic E-state index is 0.364. The molecule has 0 aliphatic carbocycles. The molecule has 1 N–H and O–H groups in total. The van der Waals surface area contributed by atoms with Crippen molar-refractivity contribution in [3.05, 3.63) is 47.3 Å². The van der Waals surface area contributed by atoms with Crippen molar-refractivity contribution in [2.24, 2.45) is 0 Å². The number of rotatable bonds is 7. The SMILES string of the molecule is COc1ccc(NCc2nc(-c3ccc(OC)c(OC)c3)no2)cc1Cl. The van der Waals surface area contributed by atoms with Crippen molar-refractivity contribution in [3.8, 4) is 28.6 Å². The molecule has 0 radical (unpaired) electrons. The van der Waals surface area contributed by atoms with Gasteiger partial charge in [-0.05, 0) is 36.4 Å². The number of anilines is 1. The zero-order valence-electron chi connectivity index (χ0n) is 14.6. The lowest BCUT2D eigenvalue weighted by atomic mass is 10.2. The predicted molar refractivity (Wildman–Crippen MR) is 98.2 cm³/mol. The Labute approximate surface area is 155 Å². The molecule has 2 aromatic carbocycles. The number of methoxy groups -OCH3 is 3. The van der Waals surface area contributed by atoms with Gasteiger partial charge in [0.15, 0.2) is 11.5 Å². The standard InChI is InChI=1S/C18H18ClN3O4/c1-23-14-7-5-12(9-13(14)19)20-10-17-21-18(22-26-17)11-4-6-15(24-2)16(8-11)25-3/h4-9,20H,10H2,1-3H3. The zero-order valence-corrected chi connectivity index (χ0v) is 15.3. The number of ether oxygens (including phenoxy) is 3. The monoisotopic (exact) mass is 375 g/mol. The molecule has 0 fully saturated rings. The van der Waals surface area contributed by atoms with Crippen LogP contribution in [0.15, 0.2) is 40.9 Å². The third kappa shape index (κ3) is 3.83. The van der Waals surface area contributed by atoms with Gasteiger partial charge < -0.3 is 24.1 Å². The van der Waals surface area contributed by atoms with E-state index in [1.807, 2.05) is 12.1 Å². The summed E-state index contributed by atoms with van der Waals surface area (Å²) in [5, 5.41) is 7.71. The zero-order chi connectivity index (χ0) is 18.5. The maximum absolute atomic E-state index is 6.11. The van der Waals surface area contributed by atoms with Crippen LogP contribution in [0.3, 0.4) is 0 Å². The van der Waals surface area contributed by atoms with Crippen LogP contribution in [0.4, 0.5) is 5.69 Å². The number of aromatic nitrogens is 2. The highest BCUT2D eigenvalue weighted by Gasteiger charge is 2.12. The van der Waals surface area contributed by atoms with Crippen LogP contribution in [0.25, 0.3) is 11.4 Å². The van der Waals surface area contributed by atoms with Crippen LogP contribution in [0, 0.1) is 0 Å². The Hall–Kier alpha value is -2.93. The second kappa shape index (κ2) is 7.97. The van der Waals surface area contributed by atoms with E-state index < -0.39 is 0 Å². The molecule has 3 rings (SSSR count). The topological polar surface area (TPSA) is 78.6 Å². The summed E-state index contributed by atoms with van der Waals surface area (Å²) in [6.45, 7) is 0.364. The van der Waals surface area contributed by atoms with Gasteiger partial charge in [-0.15, -0.1) is 0 Å². The highest BCUT2D eigenvalue weighted by Crippen LogP contribution is 2.31. The number of nitrogens with one attached hydrogen (secondary N) is 1. The molecule has 26 heavy (non-hydrogen) atoms. The van der Waals surface area contributed by atoms with Crippen molar-refractivity contribution in [3.63, 3.8) is 0 Å². The summed E-state index contributed by atoms with van der Waals surface area (Å²) < 4.78 is 20.9. The molecular formula is C18H18ClN3O4. The first kappa shape index (κ1) is 17.9. The summed E-state index contributed by atoms with van der Waals surface area (Å²) in [5.74, 6) is 2.77. The Kier molecular flexibility index (Phi) is 5.48. The van der Waals surface area contributed by atoms with Crippen LogP contribution in [0.2, 0.25) is 5.02 Å². The minimum absolute atomic E-state index is 0.364. The Bertz CT molecular complexity index is 898. The van der Waals surface area contributed by atoms with Gasteiger partial charge in [0, 0.05) is 11.3 Å². The summed E-state index contributed by atoms with van der Waals surface area (Å²) in [5.41, 5.74) is 1.59. The van der Waals surface area contributed by atoms with E-state index in [0.717, 1.165) is 11.3 Å². The summed E-state index contributed by atoms with van der Waals surface area (Å²) in [4.78, 5) is 4.39. The Balaban J connectivity index is 1.71. The van der Waals surface area contributed by atoms with Crippen LogP contribution in [-0.4, -0.2) is 31.5 Å². The largest absolute Gasteiger partial charge is 0.495 e. The molecule has 136 valence electrons. The van der Waals surface area contributed by atoms with Crippen molar-refractivity contribution in [2.75, 3.05) is 26.6 Å². The number of benzene rings is 2. The van der Waals surface area contributed by atoms with E-state index >= 15 is 0 Å². The van der Waals surface area contributed by atoms with Crippen LogP contribution in [-0.2, 0) is 6.54 Å². The van der Waals surface area contributed by atoms with Gasteiger partial charge in [-0.25, -0.2) is 0 Å². The Morgan fingerprint density at radius 3 is 2.38 bits per heavy atom. The summed E-state index contributed by atoms with van der Waals surface area (Å²) in [7, 11) is 4.73. The van der Waals surface area contributed by atoms with Gasteiger partial charge in [-0.1, -0.05) is 16.8 Å². The fourth-order valence-corrected chi connectivity index (χ4v) is 2.63. The minimum Gasteiger partial charge on any atom is -0.495 e. The second-order valence-electron chi connectivity index (χ2n) is 5.28. The smallest absolute Gasteiger partial charge is 0.246 e. The molecule has 0 spiro atoms. The lowest BCUT2D eigenvalue weighted by Crippen LogP contribution is -2.00. The van der Waals surface area contributed by atoms with Gasteiger partial charge in [0.1, 0.15) is 5.75 Å². The van der Waals surface area contributed by atoms with E-state index in [0.29, 0.717) is 40.5 Å². The van der Waals surface area contributed by atoms with Crippen LogP contribution >= 0.6 is 11.6 Å². The van der Waals surface area contributed by atoms with Crippen molar-refractivity contribution in [1.29, 1.82) is 0 Å². The van der Waals surface area contributed by atoms with Crippen molar-refractivity contribution < 1.29 is 18.7 Å². The fourth-order valence-electron chi connectivity index (χ4n) is 2.37. The van der Waals surface area contributed by atoms with Gasteiger partial charge in [-0.3, -0.25) is 0 Å². The molecule has 0 unspecified atom stereocenters. The van der Waals surface area contributed by atoms with E-state index in [-0.39, 0.29) is 0 Å². The Morgan fingerprint density at radius 1 is 0.962 bits per heavy atom. The quantitative estimate of drug-likeness (QED) is 0.667. The van der Waals surface area contributed by atoms with Gasteiger partial charge >= 0.3 is 0 Å². The number of hydrogen-bond donors (Lipinski definition) is 1. The first-order chi connectivity index (χ1) is 12.6. The molecule has 1 aromatic heterocycles. The van der Waals surface area contributed by atoms with E-state index in [4.69, 9.17) is 30.3 Å². The van der Waals surface area contributed by atoms with E-state index in [1.54, 1.807) is 45.6 Å². The third-order valence-corrected chi connectivity index (χ3v) is 4.00. The van der Waals surface area contributed by atoms with Crippen LogP contribution in [0.5, 0.6) is 17.2 Å². The van der Waals surface area contributed by atoms with E-state index in [9.17, 15) is 0 Å². The highest BCUT2D eigenvalue weighted by atomic mass is 35.5. The van der Waals surface area contributed by atoms with Crippen molar-refractivity contribution in [2.45, 2.75) is 6.54 Å². The van der Waals surface area contributed by atoms with Crippen LogP contribution < -0.4 is 19.5 Å². The predicted octanol–water partition coefficient (Wildman–Crippen LogP) is 4.03. The van der Waals surface area contributed by atoms with Gasteiger partial charge in [-0.2, -0.15) is 4.98 Å². The molecule has 3 aromatic rings. The van der Waals surface area contributed by atoms with Crippen LogP contribution in [0.1, 0.15) is 5.89 Å². The van der Waals surface area contributed by atoms with Crippen molar-refractivity contribution in [1.82, 2.24) is 10.1 Å². The Morgan fingerprint density at radius 2 is 1.69 bits per heavy atom. The lowest BCUT2D eigenvalue weighted by molar-refractivity contribution is 0.355. The summed E-state index contributed by atoms with van der Waals surface area (Å²) in [6.07, 6.45) is 0. The molecule has 0 saturated heterocycles. The van der Waals surface area contributed by atoms with Gasteiger partial charge in [0.25, 0.3) is 0 Å². The summed E-state index contributed by atoms with van der Waals surface area (Å²) in [6, 6.07) is 10.8. The second-order valence-corrected chi connectivity index (χ2v) is 5.69. The molecule has 0 bridgehead atoms. The molecule has 0 aliphatic heterocycles. The molecule has 0 atom stereocenters. The molecule has 0 amide bonds. The van der Waals surface area contributed by atoms with Gasteiger partial charge in [0.2, 0.25) is 11.7 Å². The molecule has 1 heterocycles. The molecule has 8 heteroatoms. The fraction of sp³-hybridized carbons (Fsp3) is 0.222. The summed E-state index contributed by atoms with van der Waals surface area (Å²) >= 11 is 6.11. The van der Waals surface area contributed by atoms with Crippen molar-refractivity contribution >= 4 is 17.3 Å². The first-order valence-electron chi connectivity index (χ1n) is 7.77.